The van der Waals surface area contributed by atoms with Crippen molar-refractivity contribution in [1.29, 1.82) is 5.26 Å². The number of aromatic nitrogens is 1. The zero-order chi connectivity index (χ0) is 21.5. The molecule has 4 aromatic rings. The molecule has 0 N–H and O–H groups in total. The number of halogens is 4. The van der Waals surface area contributed by atoms with Gasteiger partial charge in [-0.15, -0.1) is 11.3 Å². The second kappa shape index (κ2) is 7.62. The lowest BCUT2D eigenvalue weighted by molar-refractivity contribution is -0.137. The van der Waals surface area contributed by atoms with Gasteiger partial charge in [0.1, 0.15) is 6.67 Å². The number of thiophene rings is 1. The fraction of sp³-hybridized carbons (Fsp3) is 0.174. The maximum atomic E-state index is 13.5. The van der Waals surface area contributed by atoms with Crippen LogP contribution in [0.1, 0.15) is 27.3 Å². The monoisotopic (exact) mass is 428 g/mol. The summed E-state index contributed by atoms with van der Waals surface area (Å²) in [7, 11) is 0. The highest BCUT2D eigenvalue weighted by atomic mass is 32.1. The minimum absolute atomic E-state index is 0.324. The summed E-state index contributed by atoms with van der Waals surface area (Å²) >= 11 is 1.42. The van der Waals surface area contributed by atoms with Crippen LogP contribution in [0.15, 0.2) is 54.6 Å². The third-order valence-corrected chi connectivity index (χ3v) is 6.23. The predicted octanol–water partition coefficient (Wildman–Crippen LogP) is 7.09. The van der Waals surface area contributed by atoms with Crippen molar-refractivity contribution in [3.63, 3.8) is 0 Å². The first-order chi connectivity index (χ1) is 14.3. The molecule has 152 valence electrons. The number of nitrogens with zero attached hydrogens (tertiary/aromatic N) is 2. The summed E-state index contributed by atoms with van der Waals surface area (Å²) in [5.41, 5.74) is 2.30. The third kappa shape index (κ3) is 3.59. The summed E-state index contributed by atoms with van der Waals surface area (Å²) < 4.78 is 54.6. The van der Waals surface area contributed by atoms with Crippen molar-refractivity contribution in [3.05, 3.63) is 81.9 Å². The predicted molar refractivity (Wildman–Crippen MR) is 110 cm³/mol. The Kier molecular flexibility index (Phi) is 5.12. The van der Waals surface area contributed by atoms with E-state index in [1.807, 2.05) is 35.8 Å². The topological polar surface area (TPSA) is 28.7 Å². The zero-order valence-electron chi connectivity index (χ0n) is 15.9. The largest absolute Gasteiger partial charge is 0.416 e. The van der Waals surface area contributed by atoms with Gasteiger partial charge in [-0.3, -0.25) is 0 Å². The molecule has 0 aliphatic carbocycles. The summed E-state index contributed by atoms with van der Waals surface area (Å²) in [6, 6.07) is 16.3. The van der Waals surface area contributed by atoms with Crippen LogP contribution in [0, 0.1) is 18.3 Å². The summed E-state index contributed by atoms with van der Waals surface area (Å²) in [4.78, 5) is 1.72. The van der Waals surface area contributed by atoms with E-state index in [1.54, 1.807) is 18.2 Å². The summed E-state index contributed by atoms with van der Waals surface area (Å²) in [5, 5.41) is 9.92. The van der Waals surface area contributed by atoms with Crippen LogP contribution in [-0.2, 0) is 19.4 Å². The van der Waals surface area contributed by atoms with E-state index >= 15 is 0 Å². The number of hydrogen-bond donors (Lipinski definition) is 0. The molecule has 0 bridgehead atoms. The van der Waals surface area contributed by atoms with Gasteiger partial charge in [0.25, 0.3) is 0 Å². The molecule has 30 heavy (non-hydrogen) atoms. The maximum Gasteiger partial charge on any atom is 0.416 e. The molecule has 0 radical (unpaired) electrons. The van der Waals surface area contributed by atoms with Gasteiger partial charge in [-0.2, -0.15) is 18.4 Å². The molecule has 7 heteroatoms. The minimum Gasteiger partial charge on any atom is -0.340 e. The molecule has 2 aromatic carbocycles. The van der Waals surface area contributed by atoms with Gasteiger partial charge in [-0.1, -0.05) is 12.1 Å². The van der Waals surface area contributed by atoms with Crippen LogP contribution in [0.4, 0.5) is 17.6 Å². The van der Waals surface area contributed by atoms with Gasteiger partial charge < -0.3 is 4.57 Å². The van der Waals surface area contributed by atoms with E-state index in [1.165, 1.54) is 17.4 Å². The molecule has 0 unspecified atom stereocenters. The Bertz CT molecular complexity index is 1270. The zero-order valence-corrected chi connectivity index (χ0v) is 16.7. The lowest BCUT2D eigenvalue weighted by Crippen LogP contribution is -2.04. The molecule has 0 spiro atoms. The summed E-state index contributed by atoms with van der Waals surface area (Å²) in [6.45, 7) is 1.70. The lowest BCUT2D eigenvalue weighted by Gasteiger charge is -2.08. The number of fused-ring (bicyclic) bond motifs is 1. The smallest absolute Gasteiger partial charge is 0.340 e. The van der Waals surface area contributed by atoms with Gasteiger partial charge in [0, 0.05) is 31.9 Å². The van der Waals surface area contributed by atoms with Crippen molar-refractivity contribution >= 4 is 22.2 Å². The minimum atomic E-state index is -4.38. The molecule has 0 aliphatic rings. The van der Waals surface area contributed by atoms with E-state index in [0.717, 1.165) is 33.1 Å². The normalized spacial score (nSPS) is 11.7. The van der Waals surface area contributed by atoms with Crippen LogP contribution in [-0.4, -0.2) is 4.57 Å². The molecule has 0 saturated carbocycles. The fourth-order valence-electron chi connectivity index (χ4n) is 3.61. The molecular weight excluding hydrogens is 412 g/mol. The van der Waals surface area contributed by atoms with Gasteiger partial charge in [-0.05, 0) is 55.0 Å². The van der Waals surface area contributed by atoms with Crippen LogP contribution < -0.4 is 0 Å². The number of hydrogen-bond acceptors (Lipinski definition) is 2. The van der Waals surface area contributed by atoms with E-state index in [0.29, 0.717) is 28.6 Å². The van der Waals surface area contributed by atoms with E-state index < -0.39 is 18.4 Å². The number of benzene rings is 2. The second-order valence-electron chi connectivity index (χ2n) is 6.99. The van der Waals surface area contributed by atoms with Crippen molar-refractivity contribution in [2.24, 2.45) is 0 Å². The van der Waals surface area contributed by atoms with Crippen molar-refractivity contribution in [1.82, 2.24) is 4.57 Å². The highest BCUT2D eigenvalue weighted by Crippen LogP contribution is 2.35. The van der Waals surface area contributed by atoms with E-state index in [2.05, 4.69) is 0 Å². The van der Waals surface area contributed by atoms with Crippen LogP contribution in [0.3, 0.4) is 0 Å². The quantitative estimate of drug-likeness (QED) is 0.319. The summed E-state index contributed by atoms with van der Waals surface area (Å²) in [5.74, 6) is 0. The Morgan fingerprint density at radius 2 is 1.87 bits per heavy atom. The van der Waals surface area contributed by atoms with Crippen LogP contribution in [0.5, 0.6) is 0 Å². The maximum absolute atomic E-state index is 13.5. The molecule has 0 aliphatic heterocycles. The molecule has 0 atom stereocenters. The number of rotatable bonds is 4. The van der Waals surface area contributed by atoms with Gasteiger partial charge in [-0.25, -0.2) is 4.39 Å². The first kappa shape index (κ1) is 20.2. The first-order valence-corrected chi connectivity index (χ1v) is 9.97. The number of nitriles is 1. The molecule has 2 aromatic heterocycles. The Labute approximate surface area is 174 Å². The highest BCUT2D eigenvalue weighted by Gasteiger charge is 2.30. The van der Waals surface area contributed by atoms with Crippen LogP contribution >= 0.6 is 11.3 Å². The van der Waals surface area contributed by atoms with E-state index in [-0.39, 0.29) is 0 Å². The standard InChI is InChI=1S/C23H16F4N2S/c1-14-9-19-20(11-24)16(12-28)5-7-21(19)29(14)13-18-6-8-22(30-18)15-3-2-4-17(10-15)23(25,26)27/h2-10H,11,13H2,1H3. The average molecular weight is 428 g/mol. The molecule has 2 nitrogen and oxygen atoms in total. The Hall–Kier alpha value is -3.11. The summed E-state index contributed by atoms with van der Waals surface area (Å²) in [6.07, 6.45) is -4.38. The van der Waals surface area contributed by atoms with Gasteiger partial charge >= 0.3 is 6.18 Å². The SMILES string of the molecule is Cc1cc2c(CF)c(C#N)ccc2n1Cc1ccc(-c2cccc(C(F)(F)F)c2)s1. The van der Waals surface area contributed by atoms with Crippen molar-refractivity contribution in [2.45, 2.75) is 26.3 Å². The Morgan fingerprint density at radius 3 is 2.57 bits per heavy atom. The Balaban J connectivity index is 1.69. The Morgan fingerprint density at radius 1 is 1.07 bits per heavy atom. The van der Waals surface area contributed by atoms with Crippen molar-refractivity contribution in [3.8, 4) is 16.5 Å². The lowest BCUT2D eigenvalue weighted by atomic mass is 10.0. The highest BCUT2D eigenvalue weighted by molar-refractivity contribution is 7.15. The molecule has 0 amide bonds. The second-order valence-corrected chi connectivity index (χ2v) is 8.15. The van der Waals surface area contributed by atoms with Gasteiger partial charge in [0.15, 0.2) is 0 Å². The van der Waals surface area contributed by atoms with Crippen LogP contribution in [0.25, 0.3) is 21.3 Å². The number of aryl methyl sites for hydroxylation is 1. The van der Waals surface area contributed by atoms with Crippen molar-refractivity contribution in [2.75, 3.05) is 0 Å². The van der Waals surface area contributed by atoms with Gasteiger partial charge in [0.2, 0.25) is 0 Å². The molecule has 0 saturated heterocycles. The average Bonchev–Trinajstić information content (AvgIpc) is 3.31. The van der Waals surface area contributed by atoms with E-state index in [9.17, 15) is 22.8 Å². The molecule has 2 heterocycles. The van der Waals surface area contributed by atoms with Crippen LogP contribution in [0.2, 0.25) is 0 Å². The van der Waals surface area contributed by atoms with Crippen molar-refractivity contribution < 1.29 is 17.6 Å². The molecule has 4 rings (SSSR count). The molecular formula is C23H16F4N2S. The van der Waals surface area contributed by atoms with E-state index in [4.69, 9.17) is 0 Å². The fourth-order valence-corrected chi connectivity index (χ4v) is 4.60. The third-order valence-electron chi connectivity index (χ3n) is 5.11. The number of alkyl halides is 4. The molecule has 0 fully saturated rings. The van der Waals surface area contributed by atoms with Gasteiger partial charge in [0.05, 0.1) is 23.7 Å². The first-order valence-electron chi connectivity index (χ1n) is 9.16.